The van der Waals surface area contributed by atoms with Crippen LogP contribution < -0.4 is 10.6 Å². The molecular weight excluding hydrogens is 540 g/mol. The van der Waals surface area contributed by atoms with Gasteiger partial charge in [0.1, 0.15) is 0 Å². The molecule has 2 N–H and O–H groups in total. The van der Waals surface area contributed by atoms with Gasteiger partial charge in [-0.3, -0.25) is 9.59 Å². The highest BCUT2D eigenvalue weighted by Crippen LogP contribution is 2.47. The summed E-state index contributed by atoms with van der Waals surface area (Å²) in [6, 6.07) is 35.6. The fourth-order valence-corrected chi connectivity index (χ4v) is 5.69. The molecule has 4 aromatic carbocycles. The Labute approximate surface area is 263 Å². The van der Waals surface area contributed by atoms with Gasteiger partial charge in [0.2, 0.25) is 0 Å². The Morgan fingerprint density at radius 2 is 0.727 bits per heavy atom. The topological polar surface area (TPSA) is 58.2 Å². The number of rotatable bonds is 8. The van der Waals surface area contributed by atoms with Gasteiger partial charge in [-0.2, -0.15) is 0 Å². The van der Waals surface area contributed by atoms with Gasteiger partial charge in [-0.25, -0.2) is 0 Å². The minimum absolute atomic E-state index is 0.0903. The zero-order chi connectivity index (χ0) is 32.1. The zero-order valence-electron chi connectivity index (χ0n) is 27.4. The van der Waals surface area contributed by atoms with Crippen LogP contribution in [-0.4, -0.2) is 11.8 Å². The van der Waals surface area contributed by atoms with Gasteiger partial charge in [0, 0.05) is 11.1 Å². The molecule has 0 bridgehead atoms. The summed E-state index contributed by atoms with van der Waals surface area (Å²) < 4.78 is 0. The molecule has 0 saturated heterocycles. The summed E-state index contributed by atoms with van der Waals surface area (Å²) in [6.07, 6.45) is 0. The highest BCUT2D eigenvalue weighted by atomic mass is 16.2. The molecule has 0 radical (unpaired) electrons. The lowest BCUT2D eigenvalue weighted by Gasteiger charge is -2.34. The van der Waals surface area contributed by atoms with E-state index in [0.717, 1.165) is 22.3 Å². The van der Waals surface area contributed by atoms with E-state index < -0.39 is 0 Å². The lowest BCUT2D eigenvalue weighted by molar-refractivity contribution is 0.0931. The molecule has 2 amide bonds. The summed E-state index contributed by atoms with van der Waals surface area (Å²) in [5.41, 5.74) is 7.60. The summed E-state index contributed by atoms with van der Waals surface area (Å²) >= 11 is 0. The normalized spacial score (nSPS) is 13.8. The Morgan fingerprint density at radius 1 is 0.455 bits per heavy atom. The van der Waals surface area contributed by atoms with Crippen LogP contribution >= 0.6 is 0 Å². The number of amides is 2. The summed E-state index contributed by atoms with van der Waals surface area (Å²) in [5.74, 6) is -0.193. The van der Waals surface area contributed by atoms with Crippen molar-refractivity contribution < 1.29 is 9.59 Å². The van der Waals surface area contributed by atoms with Crippen LogP contribution in [0.1, 0.15) is 110 Å². The van der Waals surface area contributed by atoms with Crippen molar-refractivity contribution in [2.75, 3.05) is 0 Å². The molecule has 0 heterocycles. The molecule has 0 aliphatic carbocycles. The average molecular weight is 587 g/mol. The van der Waals surface area contributed by atoms with Gasteiger partial charge < -0.3 is 10.6 Å². The maximum atomic E-state index is 13.1. The Kier molecular flexibility index (Phi) is 9.94. The van der Waals surface area contributed by atoms with Gasteiger partial charge in [-0.05, 0) is 82.3 Å². The van der Waals surface area contributed by atoms with E-state index in [0.29, 0.717) is 11.1 Å². The van der Waals surface area contributed by atoms with E-state index in [-0.39, 0.29) is 34.7 Å². The van der Waals surface area contributed by atoms with E-state index in [1.807, 2.05) is 98.8 Å². The highest BCUT2D eigenvalue weighted by molar-refractivity contribution is 5.99. The Balaban J connectivity index is 1.63. The second kappa shape index (κ2) is 13.5. The molecule has 4 rings (SSSR count). The van der Waals surface area contributed by atoms with E-state index in [4.69, 9.17) is 0 Å². The van der Waals surface area contributed by atoms with Gasteiger partial charge in [-0.15, -0.1) is 0 Å². The quantitative estimate of drug-likeness (QED) is 0.202. The van der Waals surface area contributed by atoms with Crippen molar-refractivity contribution in [3.05, 3.63) is 143 Å². The lowest BCUT2D eigenvalue weighted by Crippen LogP contribution is -2.26. The number of hydrogen-bond donors (Lipinski definition) is 2. The third kappa shape index (κ3) is 7.93. The Hall–Kier alpha value is -4.44. The molecule has 2 atom stereocenters. The minimum Gasteiger partial charge on any atom is -0.346 e. The van der Waals surface area contributed by atoms with Crippen LogP contribution in [0.3, 0.4) is 0 Å². The molecular formula is C40H46N2O2. The van der Waals surface area contributed by atoms with Crippen molar-refractivity contribution in [1.29, 1.82) is 0 Å². The molecule has 0 spiro atoms. The van der Waals surface area contributed by atoms with Crippen molar-refractivity contribution in [3.63, 3.8) is 0 Å². The standard InChI is InChI=1S/C40H46N2O2/c1-27(29-15-11-9-12-16-29)41-37(43)33-23-19-31(20-24-33)35(39(3,4)5)36(40(6,7)8)32-21-25-34(26-22-32)38(44)42-28(2)30-17-13-10-14-18-30/h9-28H,1-8H3,(H,41,43)(H,42,44)/b36-35+/t27-,28-/m0/s1. The Bertz CT molecular complexity index is 1470. The number of allylic oxidation sites excluding steroid dienone is 2. The molecule has 4 nitrogen and oxygen atoms in total. The van der Waals surface area contributed by atoms with Crippen LogP contribution in [0.4, 0.5) is 0 Å². The molecule has 0 unspecified atom stereocenters. The van der Waals surface area contributed by atoms with Crippen LogP contribution in [0.2, 0.25) is 0 Å². The smallest absolute Gasteiger partial charge is 0.251 e. The summed E-state index contributed by atoms with van der Waals surface area (Å²) in [5, 5.41) is 6.23. The fourth-order valence-electron chi connectivity index (χ4n) is 5.69. The van der Waals surface area contributed by atoms with E-state index in [1.54, 1.807) is 0 Å². The highest BCUT2D eigenvalue weighted by Gasteiger charge is 2.30. The van der Waals surface area contributed by atoms with Crippen molar-refractivity contribution in [3.8, 4) is 0 Å². The van der Waals surface area contributed by atoms with Crippen molar-refractivity contribution in [2.45, 2.75) is 67.5 Å². The molecule has 0 aliphatic heterocycles. The summed E-state index contributed by atoms with van der Waals surface area (Å²) in [4.78, 5) is 26.2. The van der Waals surface area contributed by atoms with Crippen LogP contribution in [0, 0.1) is 10.8 Å². The lowest BCUT2D eigenvalue weighted by atomic mass is 9.70. The zero-order valence-corrected chi connectivity index (χ0v) is 27.4. The van der Waals surface area contributed by atoms with Crippen LogP contribution in [-0.2, 0) is 0 Å². The largest absolute Gasteiger partial charge is 0.346 e. The van der Waals surface area contributed by atoms with Crippen molar-refractivity contribution >= 4 is 23.0 Å². The van der Waals surface area contributed by atoms with E-state index in [9.17, 15) is 9.59 Å². The predicted molar refractivity (Wildman–Crippen MR) is 183 cm³/mol. The summed E-state index contributed by atoms with van der Waals surface area (Å²) in [7, 11) is 0. The fraction of sp³-hybridized carbons (Fsp3) is 0.300. The van der Waals surface area contributed by atoms with E-state index in [1.165, 1.54) is 11.1 Å². The molecule has 4 heteroatoms. The van der Waals surface area contributed by atoms with Gasteiger partial charge in [0.25, 0.3) is 11.8 Å². The molecule has 228 valence electrons. The molecule has 0 fully saturated rings. The molecule has 0 aliphatic rings. The van der Waals surface area contributed by atoms with E-state index >= 15 is 0 Å². The maximum Gasteiger partial charge on any atom is 0.251 e. The van der Waals surface area contributed by atoms with Crippen LogP contribution in [0.5, 0.6) is 0 Å². The average Bonchev–Trinajstić information content (AvgIpc) is 2.99. The van der Waals surface area contributed by atoms with Crippen molar-refractivity contribution in [1.82, 2.24) is 10.6 Å². The Morgan fingerprint density at radius 3 is 1.00 bits per heavy atom. The van der Waals surface area contributed by atoms with E-state index in [2.05, 4.69) is 76.4 Å². The number of carbonyl (C=O) groups is 2. The first kappa shape index (κ1) is 32.5. The third-order valence-electron chi connectivity index (χ3n) is 7.92. The van der Waals surface area contributed by atoms with Gasteiger partial charge >= 0.3 is 0 Å². The molecule has 0 saturated carbocycles. The third-order valence-corrected chi connectivity index (χ3v) is 7.92. The monoisotopic (exact) mass is 586 g/mol. The molecule has 0 aromatic heterocycles. The predicted octanol–water partition coefficient (Wildman–Crippen LogP) is 9.67. The number of benzene rings is 4. The second-order valence-corrected chi connectivity index (χ2v) is 13.6. The van der Waals surface area contributed by atoms with Gasteiger partial charge in [-0.1, -0.05) is 126 Å². The van der Waals surface area contributed by atoms with Gasteiger partial charge in [0.05, 0.1) is 12.1 Å². The van der Waals surface area contributed by atoms with Crippen LogP contribution in [0.15, 0.2) is 109 Å². The molecule has 44 heavy (non-hydrogen) atoms. The van der Waals surface area contributed by atoms with Crippen LogP contribution in [0.25, 0.3) is 11.1 Å². The number of hydrogen-bond acceptors (Lipinski definition) is 2. The van der Waals surface area contributed by atoms with Gasteiger partial charge in [0.15, 0.2) is 0 Å². The minimum atomic E-state index is -0.185. The first-order chi connectivity index (χ1) is 20.8. The molecule has 4 aromatic rings. The summed E-state index contributed by atoms with van der Waals surface area (Å²) in [6.45, 7) is 17.3. The maximum absolute atomic E-state index is 13.1. The number of nitrogens with one attached hydrogen (secondary N) is 2. The SMILES string of the molecule is C[C@H](NC(=O)c1ccc(/C(=C(/c2ccc(C(=O)N[C@@H](C)c3ccccc3)cc2)C(C)(C)C)C(C)(C)C)cc1)c1ccccc1. The number of carbonyl (C=O) groups excluding carboxylic acids is 2. The van der Waals surface area contributed by atoms with Crippen molar-refractivity contribution in [2.24, 2.45) is 10.8 Å². The first-order valence-electron chi connectivity index (χ1n) is 15.4. The second-order valence-electron chi connectivity index (χ2n) is 13.6. The first-order valence-corrected chi connectivity index (χ1v) is 15.4.